The lowest BCUT2D eigenvalue weighted by atomic mass is 10.1. The van der Waals surface area contributed by atoms with Crippen LogP contribution in [0, 0.1) is 0 Å². The molecule has 0 saturated heterocycles. The predicted molar refractivity (Wildman–Crippen MR) is 117 cm³/mol. The van der Waals surface area contributed by atoms with E-state index in [0.29, 0.717) is 12.6 Å². The quantitative estimate of drug-likeness (QED) is 0.410. The van der Waals surface area contributed by atoms with Gasteiger partial charge < -0.3 is 20.3 Å². The third-order valence-electron chi connectivity index (χ3n) is 5.07. The van der Waals surface area contributed by atoms with Gasteiger partial charge in [-0.1, -0.05) is 48.5 Å². The fraction of sp³-hybridized carbons (Fsp3) is 0.391. The molecule has 3 rings (SSSR count). The Morgan fingerprint density at radius 3 is 2.69 bits per heavy atom. The zero-order valence-corrected chi connectivity index (χ0v) is 17.2. The molecule has 1 heterocycles. The van der Waals surface area contributed by atoms with Gasteiger partial charge in [-0.25, -0.2) is 0 Å². The second-order valence-corrected chi connectivity index (χ2v) is 7.05. The highest BCUT2D eigenvalue weighted by Gasteiger charge is 2.23. The average Bonchev–Trinajstić information content (AvgIpc) is 3.20. The zero-order chi connectivity index (χ0) is 20.5. The molecule has 2 N–H and O–H groups in total. The molecule has 0 radical (unpaired) electrons. The second kappa shape index (κ2) is 10.6. The summed E-state index contributed by atoms with van der Waals surface area (Å²) in [5.74, 6) is 0.680. The van der Waals surface area contributed by atoms with E-state index >= 15 is 0 Å². The molecule has 2 aromatic rings. The molecule has 6 heteroatoms. The smallest absolute Gasteiger partial charge is 0.246 e. The van der Waals surface area contributed by atoms with E-state index in [1.807, 2.05) is 41.3 Å². The molecule has 0 bridgehead atoms. The summed E-state index contributed by atoms with van der Waals surface area (Å²) in [7, 11) is 1.71. The van der Waals surface area contributed by atoms with Crippen LogP contribution in [0.1, 0.15) is 30.6 Å². The molecule has 0 aromatic heterocycles. The van der Waals surface area contributed by atoms with E-state index in [1.165, 1.54) is 11.1 Å². The zero-order valence-electron chi connectivity index (χ0n) is 17.2. The average molecular weight is 395 g/mol. The van der Waals surface area contributed by atoms with Crippen LogP contribution in [0.4, 0.5) is 5.69 Å². The van der Waals surface area contributed by atoms with E-state index in [4.69, 9.17) is 4.74 Å². The lowest BCUT2D eigenvalue weighted by molar-refractivity contribution is -0.117. The topological polar surface area (TPSA) is 66.0 Å². The number of hydrogen-bond acceptors (Lipinski definition) is 3. The monoisotopic (exact) mass is 394 g/mol. The van der Waals surface area contributed by atoms with Crippen LogP contribution in [0.3, 0.4) is 0 Å². The van der Waals surface area contributed by atoms with Crippen molar-refractivity contribution in [2.45, 2.75) is 25.9 Å². The molecule has 1 aliphatic rings. The largest absolute Gasteiger partial charge is 0.374 e. The van der Waals surface area contributed by atoms with Gasteiger partial charge in [0.05, 0.1) is 12.6 Å². The van der Waals surface area contributed by atoms with Gasteiger partial charge in [0, 0.05) is 32.4 Å². The van der Waals surface area contributed by atoms with Crippen molar-refractivity contribution in [3.63, 3.8) is 0 Å². The van der Waals surface area contributed by atoms with Gasteiger partial charge in [0.15, 0.2) is 5.96 Å². The highest BCUT2D eigenvalue weighted by Crippen LogP contribution is 2.27. The Hall–Kier alpha value is -2.86. The predicted octanol–water partition coefficient (Wildman–Crippen LogP) is 2.91. The van der Waals surface area contributed by atoms with Crippen molar-refractivity contribution in [1.29, 1.82) is 0 Å². The molecule has 0 aliphatic carbocycles. The lowest BCUT2D eigenvalue weighted by Crippen LogP contribution is -2.44. The van der Waals surface area contributed by atoms with Gasteiger partial charge in [-0.3, -0.25) is 9.79 Å². The molecule has 0 saturated carbocycles. The Bertz CT molecular complexity index is 823. The summed E-state index contributed by atoms with van der Waals surface area (Å²) in [5, 5.41) is 6.35. The third kappa shape index (κ3) is 5.81. The molecule has 1 unspecified atom stereocenters. The summed E-state index contributed by atoms with van der Waals surface area (Å²) in [6, 6.07) is 18.3. The first-order valence-corrected chi connectivity index (χ1v) is 10.2. The van der Waals surface area contributed by atoms with Crippen LogP contribution in [0.25, 0.3) is 0 Å². The maximum absolute atomic E-state index is 12.6. The van der Waals surface area contributed by atoms with E-state index in [2.05, 4.69) is 40.7 Å². The van der Waals surface area contributed by atoms with Crippen LogP contribution < -0.4 is 15.5 Å². The summed E-state index contributed by atoms with van der Waals surface area (Å²) < 4.78 is 5.88. The number of benzene rings is 2. The van der Waals surface area contributed by atoms with Gasteiger partial charge in [0.1, 0.15) is 0 Å². The molecule has 29 heavy (non-hydrogen) atoms. The summed E-state index contributed by atoms with van der Waals surface area (Å²) >= 11 is 0. The molecule has 0 spiro atoms. The first-order chi connectivity index (χ1) is 14.2. The number of carbonyl (C=O) groups is 1. The van der Waals surface area contributed by atoms with E-state index in [0.717, 1.165) is 31.6 Å². The van der Waals surface area contributed by atoms with Crippen molar-refractivity contribution in [3.8, 4) is 0 Å². The van der Waals surface area contributed by atoms with E-state index in [-0.39, 0.29) is 18.6 Å². The van der Waals surface area contributed by atoms with Gasteiger partial charge in [-0.2, -0.15) is 0 Å². The number of anilines is 1. The van der Waals surface area contributed by atoms with Crippen LogP contribution in [-0.2, 0) is 16.0 Å². The summed E-state index contributed by atoms with van der Waals surface area (Å²) in [4.78, 5) is 18.6. The van der Waals surface area contributed by atoms with Crippen molar-refractivity contribution in [2.24, 2.45) is 4.99 Å². The van der Waals surface area contributed by atoms with Gasteiger partial charge >= 0.3 is 0 Å². The fourth-order valence-corrected chi connectivity index (χ4v) is 3.43. The number of nitrogens with zero attached hydrogens (tertiary/aromatic N) is 2. The number of ether oxygens (including phenoxy) is 1. The first kappa shape index (κ1) is 20.9. The Morgan fingerprint density at radius 1 is 1.14 bits per heavy atom. The molecule has 6 nitrogen and oxygen atoms in total. The van der Waals surface area contributed by atoms with Crippen molar-refractivity contribution < 1.29 is 9.53 Å². The Labute approximate surface area is 173 Å². The summed E-state index contributed by atoms with van der Waals surface area (Å²) in [5.41, 5.74) is 3.43. The normalized spacial score (nSPS) is 14.4. The van der Waals surface area contributed by atoms with Crippen LogP contribution in [0.15, 0.2) is 59.6 Å². The minimum Gasteiger partial charge on any atom is -0.374 e. The van der Waals surface area contributed by atoms with Crippen LogP contribution in [0.5, 0.6) is 0 Å². The molecule has 1 amide bonds. The maximum Gasteiger partial charge on any atom is 0.246 e. The number of amides is 1. The number of aliphatic imine (C=N–C) groups is 1. The van der Waals surface area contributed by atoms with Crippen molar-refractivity contribution >= 4 is 17.6 Å². The highest BCUT2D eigenvalue weighted by atomic mass is 16.5. The SMILES string of the molecule is CN=C(NCCCOC(C)c1ccccc1)NCC(=O)N1CCc2ccccc21. The Balaban J connectivity index is 1.34. The molecule has 1 atom stereocenters. The minimum absolute atomic E-state index is 0.0536. The van der Waals surface area contributed by atoms with Gasteiger partial charge in [-0.15, -0.1) is 0 Å². The molecule has 154 valence electrons. The van der Waals surface area contributed by atoms with E-state index in [1.54, 1.807) is 7.05 Å². The van der Waals surface area contributed by atoms with Crippen LogP contribution >= 0.6 is 0 Å². The van der Waals surface area contributed by atoms with E-state index < -0.39 is 0 Å². The number of para-hydroxylation sites is 1. The van der Waals surface area contributed by atoms with Crippen LogP contribution in [-0.4, -0.2) is 45.2 Å². The first-order valence-electron chi connectivity index (χ1n) is 10.2. The number of guanidine groups is 1. The van der Waals surface area contributed by atoms with E-state index in [9.17, 15) is 4.79 Å². The fourth-order valence-electron chi connectivity index (χ4n) is 3.43. The van der Waals surface area contributed by atoms with Gasteiger partial charge in [-0.05, 0) is 37.0 Å². The number of rotatable bonds is 8. The van der Waals surface area contributed by atoms with Crippen molar-refractivity contribution in [1.82, 2.24) is 10.6 Å². The number of nitrogens with one attached hydrogen (secondary N) is 2. The van der Waals surface area contributed by atoms with Gasteiger partial charge in [0.2, 0.25) is 5.91 Å². The summed E-state index contributed by atoms with van der Waals surface area (Å²) in [6.07, 6.45) is 1.84. The third-order valence-corrected chi connectivity index (χ3v) is 5.07. The Kier molecular flexibility index (Phi) is 7.64. The highest BCUT2D eigenvalue weighted by molar-refractivity contribution is 5.98. The number of fused-ring (bicyclic) bond motifs is 1. The van der Waals surface area contributed by atoms with Gasteiger partial charge in [0.25, 0.3) is 0 Å². The molecule has 2 aromatic carbocycles. The van der Waals surface area contributed by atoms with Crippen molar-refractivity contribution in [2.75, 3.05) is 38.2 Å². The number of carbonyl (C=O) groups excluding carboxylic acids is 1. The van der Waals surface area contributed by atoms with Crippen molar-refractivity contribution in [3.05, 3.63) is 65.7 Å². The molecule has 1 aliphatic heterocycles. The minimum atomic E-state index is 0.0536. The maximum atomic E-state index is 12.6. The summed E-state index contributed by atoms with van der Waals surface area (Å²) in [6.45, 7) is 4.40. The Morgan fingerprint density at radius 2 is 1.90 bits per heavy atom. The molecule has 0 fully saturated rings. The van der Waals surface area contributed by atoms with Crippen LogP contribution in [0.2, 0.25) is 0 Å². The number of hydrogen-bond donors (Lipinski definition) is 2. The standard InChI is InChI=1S/C23H30N4O2/c1-18(19-9-4-3-5-10-19)29-16-8-14-25-23(24-2)26-17-22(28)27-15-13-20-11-6-7-12-21(20)27/h3-7,9-12,18H,8,13-17H2,1-2H3,(H2,24,25,26). The molecular weight excluding hydrogens is 364 g/mol. The lowest BCUT2D eigenvalue weighted by Gasteiger charge is -2.19. The molecular formula is C23H30N4O2. The second-order valence-electron chi connectivity index (χ2n) is 7.05.